The Bertz CT molecular complexity index is 1170. The van der Waals surface area contributed by atoms with E-state index in [0.717, 1.165) is 18.8 Å². The minimum Gasteiger partial charge on any atom is -0.344 e. The van der Waals surface area contributed by atoms with Crippen LogP contribution >= 0.6 is 0 Å². The van der Waals surface area contributed by atoms with Crippen molar-refractivity contribution in [2.75, 3.05) is 0 Å². The summed E-state index contributed by atoms with van der Waals surface area (Å²) in [4.78, 5) is 17.7. The summed E-state index contributed by atoms with van der Waals surface area (Å²) in [7, 11) is 0. The molecule has 0 spiro atoms. The summed E-state index contributed by atoms with van der Waals surface area (Å²) in [5.41, 5.74) is 3.59. The maximum Gasteiger partial charge on any atom is 0.259 e. The van der Waals surface area contributed by atoms with Gasteiger partial charge in [-0.1, -0.05) is 5.16 Å². The van der Waals surface area contributed by atoms with Gasteiger partial charge in [0.05, 0.1) is 34.1 Å². The molecule has 0 saturated heterocycles. The van der Waals surface area contributed by atoms with Crippen LogP contribution in [0.1, 0.15) is 48.6 Å². The van der Waals surface area contributed by atoms with E-state index >= 15 is 0 Å². The Kier molecular flexibility index (Phi) is 4.87. The zero-order chi connectivity index (χ0) is 20.5. The Morgan fingerprint density at radius 2 is 2.07 bits per heavy atom. The summed E-state index contributed by atoms with van der Waals surface area (Å²) in [6, 6.07) is 5.31. The van der Waals surface area contributed by atoms with Crippen molar-refractivity contribution in [1.82, 2.24) is 35.0 Å². The molecule has 150 valence electrons. The largest absolute Gasteiger partial charge is 0.344 e. The fraction of sp³-hybridized carbons (Fsp3) is 0.350. The maximum absolute atomic E-state index is 13.2. The highest BCUT2D eigenvalue weighted by atomic mass is 16.5. The third-order valence-corrected chi connectivity index (χ3v) is 4.93. The van der Waals surface area contributed by atoms with Crippen LogP contribution in [0.5, 0.6) is 0 Å². The summed E-state index contributed by atoms with van der Waals surface area (Å²) in [5, 5.41) is 16.4. The van der Waals surface area contributed by atoms with Crippen molar-refractivity contribution in [3.8, 4) is 11.4 Å². The lowest BCUT2D eigenvalue weighted by molar-refractivity contribution is 0.0940. The fourth-order valence-corrected chi connectivity index (χ4v) is 3.40. The molecule has 0 aliphatic carbocycles. The predicted molar refractivity (Wildman–Crippen MR) is 107 cm³/mol. The molecule has 0 fully saturated rings. The first-order valence-electron chi connectivity index (χ1n) is 9.65. The van der Waals surface area contributed by atoms with Gasteiger partial charge in [-0.2, -0.15) is 10.2 Å². The lowest BCUT2D eigenvalue weighted by atomic mass is 10.1. The molecular weight excluding hydrogens is 370 g/mol. The number of hydrogen-bond donors (Lipinski definition) is 1. The van der Waals surface area contributed by atoms with Crippen molar-refractivity contribution in [2.45, 2.75) is 46.8 Å². The molecule has 4 heterocycles. The van der Waals surface area contributed by atoms with Crippen LogP contribution in [0.2, 0.25) is 0 Å². The van der Waals surface area contributed by atoms with Crippen LogP contribution in [0.15, 0.2) is 35.1 Å². The number of rotatable bonds is 6. The van der Waals surface area contributed by atoms with Crippen LogP contribution < -0.4 is 5.32 Å². The quantitative estimate of drug-likeness (QED) is 0.540. The zero-order valence-corrected chi connectivity index (χ0v) is 16.9. The van der Waals surface area contributed by atoms with Crippen molar-refractivity contribution in [3.63, 3.8) is 0 Å². The maximum atomic E-state index is 13.2. The van der Waals surface area contributed by atoms with Crippen molar-refractivity contribution >= 4 is 17.0 Å². The van der Waals surface area contributed by atoms with E-state index in [1.54, 1.807) is 23.9 Å². The van der Waals surface area contributed by atoms with Gasteiger partial charge in [-0.25, -0.2) is 4.98 Å². The summed E-state index contributed by atoms with van der Waals surface area (Å²) >= 11 is 0. The van der Waals surface area contributed by atoms with Gasteiger partial charge in [0.25, 0.3) is 11.6 Å². The monoisotopic (exact) mass is 393 g/mol. The van der Waals surface area contributed by atoms with Crippen LogP contribution in [-0.4, -0.2) is 35.6 Å². The first kappa shape index (κ1) is 18.9. The normalized spacial score (nSPS) is 12.4. The molecule has 4 rings (SSSR count). The number of hydrogen-bond acceptors (Lipinski definition) is 6. The molecule has 1 atom stereocenters. The Hall–Kier alpha value is -3.49. The molecule has 4 aromatic heterocycles. The summed E-state index contributed by atoms with van der Waals surface area (Å²) in [6.07, 6.45) is 3.61. The SMILES string of the molecule is CCn1ccc(-c2cc(C(=O)N[C@@H](C)c3ccnn3CC)c3c(C)noc3n2)n1. The number of nitrogens with one attached hydrogen (secondary N) is 1. The minimum atomic E-state index is -0.226. The van der Waals surface area contributed by atoms with Crippen molar-refractivity contribution in [3.05, 3.63) is 47.5 Å². The van der Waals surface area contributed by atoms with Crippen LogP contribution in [0.25, 0.3) is 22.5 Å². The number of carbonyl (C=O) groups is 1. The van der Waals surface area contributed by atoms with E-state index in [-0.39, 0.29) is 11.9 Å². The Morgan fingerprint density at radius 3 is 2.79 bits per heavy atom. The standard InChI is InChI=1S/C20H23N7O2/c1-5-26-10-8-15(24-26)16-11-14(18-13(4)25-29-20(18)23-16)19(28)22-12(3)17-7-9-21-27(17)6-2/h7-12H,5-6H2,1-4H3,(H,22,28)/t12-/m0/s1. The van der Waals surface area contributed by atoms with E-state index < -0.39 is 0 Å². The van der Waals surface area contributed by atoms with Gasteiger partial charge in [0, 0.05) is 25.5 Å². The van der Waals surface area contributed by atoms with Gasteiger partial charge >= 0.3 is 0 Å². The smallest absolute Gasteiger partial charge is 0.259 e. The molecule has 0 saturated carbocycles. The molecular formula is C20H23N7O2. The minimum absolute atomic E-state index is 0.212. The second-order valence-electron chi connectivity index (χ2n) is 6.83. The zero-order valence-electron chi connectivity index (χ0n) is 16.9. The van der Waals surface area contributed by atoms with Gasteiger partial charge in [0.1, 0.15) is 5.69 Å². The van der Waals surface area contributed by atoms with Gasteiger partial charge in [-0.05, 0) is 45.9 Å². The molecule has 4 aromatic rings. The van der Waals surface area contributed by atoms with E-state index in [9.17, 15) is 4.79 Å². The number of aromatic nitrogens is 6. The van der Waals surface area contributed by atoms with Crippen LogP contribution in [-0.2, 0) is 13.1 Å². The highest BCUT2D eigenvalue weighted by Gasteiger charge is 2.22. The number of aryl methyl sites for hydroxylation is 3. The summed E-state index contributed by atoms with van der Waals surface area (Å²) in [6.45, 7) is 9.24. The molecule has 9 heteroatoms. The Labute approximate surface area is 167 Å². The predicted octanol–water partition coefficient (Wildman–Crippen LogP) is 3.12. The van der Waals surface area contributed by atoms with E-state index in [1.807, 2.05) is 43.8 Å². The second kappa shape index (κ2) is 7.50. The number of carbonyl (C=O) groups excluding carboxylic acids is 1. The van der Waals surface area contributed by atoms with Crippen LogP contribution in [0.4, 0.5) is 0 Å². The highest BCUT2D eigenvalue weighted by molar-refractivity contribution is 6.07. The number of fused-ring (bicyclic) bond motifs is 1. The average Bonchev–Trinajstić information content (AvgIpc) is 3.46. The van der Waals surface area contributed by atoms with Gasteiger partial charge < -0.3 is 9.84 Å². The molecule has 1 amide bonds. The van der Waals surface area contributed by atoms with E-state index in [4.69, 9.17) is 4.52 Å². The van der Waals surface area contributed by atoms with Crippen LogP contribution in [0.3, 0.4) is 0 Å². The third-order valence-electron chi connectivity index (χ3n) is 4.93. The third kappa shape index (κ3) is 3.39. The molecule has 0 bridgehead atoms. The first-order valence-corrected chi connectivity index (χ1v) is 9.65. The van der Waals surface area contributed by atoms with Gasteiger partial charge in [-0.15, -0.1) is 0 Å². The molecule has 0 radical (unpaired) electrons. The fourth-order valence-electron chi connectivity index (χ4n) is 3.40. The van der Waals surface area contributed by atoms with E-state index in [0.29, 0.717) is 33.7 Å². The molecule has 0 aromatic carbocycles. The average molecular weight is 393 g/mol. The number of nitrogens with zero attached hydrogens (tertiary/aromatic N) is 6. The summed E-state index contributed by atoms with van der Waals surface area (Å²) in [5.74, 6) is -0.226. The molecule has 0 aliphatic heterocycles. The lowest BCUT2D eigenvalue weighted by Crippen LogP contribution is -2.28. The van der Waals surface area contributed by atoms with Crippen molar-refractivity contribution in [1.29, 1.82) is 0 Å². The summed E-state index contributed by atoms with van der Waals surface area (Å²) < 4.78 is 9.03. The Morgan fingerprint density at radius 1 is 1.24 bits per heavy atom. The number of pyridine rings is 1. The van der Waals surface area contributed by atoms with Gasteiger partial charge in [-0.3, -0.25) is 14.2 Å². The van der Waals surface area contributed by atoms with Crippen molar-refractivity contribution in [2.24, 2.45) is 0 Å². The molecule has 29 heavy (non-hydrogen) atoms. The van der Waals surface area contributed by atoms with Crippen LogP contribution in [0, 0.1) is 6.92 Å². The number of amides is 1. The molecule has 9 nitrogen and oxygen atoms in total. The lowest BCUT2D eigenvalue weighted by Gasteiger charge is -2.16. The van der Waals surface area contributed by atoms with Gasteiger partial charge in [0.2, 0.25) is 0 Å². The van der Waals surface area contributed by atoms with Gasteiger partial charge in [0.15, 0.2) is 0 Å². The second-order valence-corrected chi connectivity index (χ2v) is 6.83. The molecule has 1 N–H and O–H groups in total. The Balaban J connectivity index is 1.73. The highest BCUT2D eigenvalue weighted by Crippen LogP contribution is 2.27. The van der Waals surface area contributed by atoms with E-state index in [1.165, 1.54) is 0 Å². The van der Waals surface area contributed by atoms with Crippen molar-refractivity contribution < 1.29 is 9.32 Å². The molecule has 0 unspecified atom stereocenters. The first-order chi connectivity index (χ1) is 14.0. The topological polar surface area (TPSA) is 104 Å². The molecule has 0 aliphatic rings. The van der Waals surface area contributed by atoms with E-state index in [2.05, 4.69) is 25.7 Å².